The SMILES string of the molecule is CCn1c(C)c(Br)c2ccccc21. The van der Waals surface area contributed by atoms with Crippen LogP contribution in [0.3, 0.4) is 0 Å². The van der Waals surface area contributed by atoms with E-state index < -0.39 is 0 Å². The first-order valence-corrected chi connectivity index (χ1v) is 5.28. The van der Waals surface area contributed by atoms with Crippen molar-refractivity contribution >= 4 is 26.8 Å². The van der Waals surface area contributed by atoms with Gasteiger partial charge in [-0.15, -0.1) is 0 Å². The van der Waals surface area contributed by atoms with Gasteiger partial charge in [0, 0.05) is 27.6 Å². The van der Waals surface area contributed by atoms with E-state index >= 15 is 0 Å². The third kappa shape index (κ3) is 1.20. The van der Waals surface area contributed by atoms with Gasteiger partial charge in [0.15, 0.2) is 0 Å². The smallest absolute Gasteiger partial charge is 0.0494 e. The van der Waals surface area contributed by atoms with Gasteiger partial charge in [0.25, 0.3) is 0 Å². The van der Waals surface area contributed by atoms with E-state index in [-0.39, 0.29) is 0 Å². The maximum absolute atomic E-state index is 3.62. The van der Waals surface area contributed by atoms with Gasteiger partial charge in [-0.05, 0) is 35.8 Å². The van der Waals surface area contributed by atoms with E-state index in [4.69, 9.17) is 0 Å². The Morgan fingerprint density at radius 3 is 2.69 bits per heavy atom. The van der Waals surface area contributed by atoms with E-state index in [0.29, 0.717) is 0 Å². The molecule has 0 bridgehead atoms. The predicted molar refractivity (Wildman–Crippen MR) is 60.0 cm³/mol. The van der Waals surface area contributed by atoms with Crippen LogP contribution in [0, 0.1) is 6.92 Å². The summed E-state index contributed by atoms with van der Waals surface area (Å²) < 4.78 is 3.55. The molecule has 13 heavy (non-hydrogen) atoms. The summed E-state index contributed by atoms with van der Waals surface area (Å²) in [6, 6.07) is 8.47. The third-order valence-corrected chi connectivity index (χ3v) is 3.47. The third-order valence-electron chi connectivity index (χ3n) is 2.47. The van der Waals surface area contributed by atoms with Gasteiger partial charge in [0.1, 0.15) is 0 Å². The van der Waals surface area contributed by atoms with Crippen LogP contribution in [-0.4, -0.2) is 4.57 Å². The summed E-state index contributed by atoms with van der Waals surface area (Å²) in [5.41, 5.74) is 2.62. The number of hydrogen-bond acceptors (Lipinski definition) is 0. The Morgan fingerprint density at radius 1 is 1.31 bits per heavy atom. The van der Waals surface area contributed by atoms with Crippen molar-refractivity contribution < 1.29 is 0 Å². The number of halogens is 1. The van der Waals surface area contributed by atoms with E-state index in [1.54, 1.807) is 0 Å². The lowest BCUT2D eigenvalue weighted by Gasteiger charge is -2.02. The van der Waals surface area contributed by atoms with Gasteiger partial charge in [-0.3, -0.25) is 0 Å². The lowest BCUT2D eigenvalue weighted by Crippen LogP contribution is -1.95. The predicted octanol–water partition coefficient (Wildman–Crippen LogP) is 3.73. The molecule has 1 heterocycles. The van der Waals surface area contributed by atoms with Crippen molar-refractivity contribution in [3.63, 3.8) is 0 Å². The maximum atomic E-state index is 3.62. The molecule has 2 heteroatoms. The van der Waals surface area contributed by atoms with E-state index in [9.17, 15) is 0 Å². The molecule has 0 atom stereocenters. The first kappa shape index (κ1) is 8.82. The Morgan fingerprint density at radius 2 is 2.00 bits per heavy atom. The molecule has 1 aromatic carbocycles. The summed E-state index contributed by atoms with van der Waals surface area (Å²) >= 11 is 3.62. The van der Waals surface area contributed by atoms with E-state index in [1.807, 2.05) is 0 Å². The van der Waals surface area contributed by atoms with Crippen molar-refractivity contribution in [3.8, 4) is 0 Å². The molecule has 0 aliphatic carbocycles. The molecule has 1 aromatic heterocycles. The van der Waals surface area contributed by atoms with Crippen LogP contribution in [0.5, 0.6) is 0 Å². The molecule has 0 saturated carbocycles. The highest BCUT2D eigenvalue weighted by Gasteiger charge is 2.08. The van der Waals surface area contributed by atoms with Gasteiger partial charge < -0.3 is 4.57 Å². The molecule has 1 nitrogen and oxygen atoms in total. The Bertz CT molecular complexity index is 443. The van der Waals surface area contributed by atoms with Crippen molar-refractivity contribution in [2.75, 3.05) is 0 Å². The summed E-state index contributed by atoms with van der Waals surface area (Å²) in [7, 11) is 0. The Hall–Kier alpha value is -0.760. The molecule has 0 unspecified atom stereocenters. The minimum absolute atomic E-state index is 1.03. The molecule has 0 N–H and O–H groups in total. The zero-order valence-corrected chi connectivity index (χ0v) is 9.43. The van der Waals surface area contributed by atoms with Crippen LogP contribution in [-0.2, 0) is 6.54 Å². The number of benzene rings is 1. The first-order valence-electron chi connectivity index (χ1n) is 4.49. The van der Waals surface area contributed by atoms with Gasteiger partial charge >= 0.3 is 0 Å². The first-order chi connectivity index (χ1) is 6.25. The summed E-state index contributed by atoms with van der Waals surface area (Å²) in [6.07, 6.45) is 0. The number of para-hydroxylation sites is 1. The molecule has 68 valence electrons. The van der Waals surface area contributed by atoms with Crippen LogP contribution in [0.25, 0.3) is 10.9 Å². The standard InChI is InChI=1S/C11H12BrN/c1-3-13-8(2)11(12)9-6-4-5-7-10(9)13/h4-7H,3H2,1-2H3. The molecule has 2 aromatic rings. The average Bonchev–Trinajstić information content (AvgIpc) is 2.41. The fourth-order valence-electron chi connectivity index (χ4n) is 1.80. The van der Waals surface area contributed by atoms with Gasteiger partial charge in [0.2, 0.25) is 0 Å². The zero-order valence-electron chi connectivity index (χ0n) is 7.84. The molecule has 0 saturated heterocycles. The molecule has 0 aliphatic rings. The topological polar surface area (TPSA) is 4.93 Å². The van der Waals surface area contributed by atoms with Crippen LogP contribution in [0.1, 0.15) is 12.6 Å². The summed E-state index contributed by atoms with van der Waals surface area (Å²) in [5, 5.41) is 1.31. The Labute approximate surface area is 86.5 Å². The van der Waals surface area contributed by atoms with Crippen molar-refractivity contribution in [2.24, 2.45) is 0 Å². The fourth-order valence-corrected chi connectivity index (χ4v) is 2.35. The Kier molecular flexibility index (Phi) is 2.16. The molecule has 0 radical (unpaired) electrons. The van der Waals surface area contributed by atoms with Gasteiger partial charge in [0.05, 0.1) is 0 Å². The summed E-state index contributed by atoms with van der Waals surface area (Å²) in [6.45, 7) is 5.34. The van der Waals surface area contributed by atoms with Crippen LogP contribution >= 0.6 is 15.9 Å². The second-order valence-electron chi connectivity index (χ2n) is 3.16. The fraction of sp³-hybridized carbons (Fsp3) is 0.273. The van der Waals surface area contributed by atoms with Gasteiger partial charge in [-0.2, -0.15) is 0 Å². The lowest BCUT2D eigenvalue weighted by atomic mass is 10.2. The Balaban J connectivity index is 2.90. The van der Waals surface area contributed by atoms with Gasteiger partial charge in [-0.25, -0.2) is 0 Å². The quantitative estimate of drug-likeness (QED) is 0.713. The number of fused-ring (bicyclic) bond motifs is 1. The zero-order chi connectivity index (χ0) is 9.42. The van der Waals surface area contributed by atoms with E-state index in [2.05, 4.69) is 58.6 Å². The molecule has 2 rings (SSSR count). The summed E-state index contributed by atoms with van der Waals surface area (Å²) in [5.74, 6) is 0. The second-order valence-corrected chi connectivity index (χ2v) is 3.95. The van der Waals surface area contributed by atoms with E-state index in [0.717, 1.165) is 6.54 Å². The lowest BCUT2D eigenvalue weighted by molar-refractivity contribution is 0.767. The van der Waals surface area contributed by atoms with Crippen LogP contribution < -0.4 is 0 Å². The molecule has 0 aliphatic heterocycles. The normalized spacial score (nSPS) is 11.0. The van der Waals surface area contributed by atoms with E-state index in [1.165, 1.54) is 21.1 Å². The van der Waals surface area contributed by atoms with Crippen LogP contribution in [0.15, 0.2) is 28.7 Å². The monoisotopic (exact) mass is 237 g/mol. The molecular weight excluding hydrogens is 226 g/mol. The number of hydrogen-bond donors (Lipinski definition) is 0. The van der Waals surface area contributed by atoms with Crippen molar-refractivity contribution in [1.29, 1.82) is 0 Å². The van der Waals surface area contributed by atoms with Crippen LogP contribution in [0.4, 0.5) is 0 Å². The second kappa shape index (κ2) is 3.18. The number of aromatic nitrogens is 1. The molecule has 0 spiro atoms. The highest BCUT2D eigenvalue weighted by atomic mass is 79.9. The highest BCUT2D eigenvalue weighted by Crippen LogP contribution is 2.29. The van der Waals surface area contributed by atoms with Crippen molar-refractivity contribution in [2.45, 2.75) is 20.4 Å². The molecule has 0 fully saturated rings. The van der Waals surface area contributed by atoms with Gasteiger partial charge in [-0.1, -0.05) is 18.2 Å². The minimum atomic E-state index is 1.03. The van der Waals surface area contributed by atoms with Crippen molar-refractivity contribution in [3.05, 3.63) is 34.4 Å². The number of nitrogens with zero attached hydrogens (tertiary/aromatic N) is 1. The molecule has 0 amide bonds. The maximum Gasteiger partial charge on any atom is 0.0494 e. The highest BCUT2D eigenvalue weighted by molar-refractivity contribution is 9.10. The molecular formula is C11H12BrN. The largest absolute Gasteiger partial charge is 0.344 e. The van der Waals surface area contributed by atoms with Crippen LogP contribution in [0.2, 0.25) is 0 Å². The number of rotatable bonds is 1. The average molecular weight is 238 g/mol. The summed E-state index contributed by atoms with van der Waals surface area (Å²) in [4.78, 5) is 0. The van der Waals surface area contributed by atoms with Crippen molar-refractivity contribution in [1.82, 2.24) is 4.57 Å². The minimum Gasteiger partial charge on any atom is -0.344 e. The number of aryl methyl sites for hydroxylation is 1.